The highest BCUT2D eigenvalue weighted by Crippen LogP contribution is 2.01. The molecule has 2 N–H and O–H groups in total. The van der Waals surface area contributed by atoms with Gasteiger partial charge >= 0.3 is 0 Å². The molecule has 1 rings (SSSR count). The van der Waals surface area contributed by atoms with Gasteiger partial charge in [0, 0.05) is 0 Å². The highest BCUT2D eigenvalue weighted by molar-refractivity contribution is 7.89. The van der Waals surface area contributed by atoms with Crippen molar-refractivity contribution in [2.45, 2.75) is 4.90 Å². The van der Waals surface area contributed by atoms with Crippen molar-refractivity contribution in [3.8, 4) is 0 Å². The second-order valence-corrected chi connectivity index (χ2v) is 3.92. The van der Waals surface area contributed by atoms with Crippen molar-refractivity contribution in [1.82, 2.24) is 0 Å². The van der Waals surface area contributed by atoms with Crippen LogP contribution in [-0.2, 0) is 10.0 Å². The van der Waals surface area contributed by atoms with Gasteiger partial charge in [-0.1, -0.05) is 17.6 Å². The topological polar surface area (TPSA) is 60.2 Å². The van der Waals surface area contributed by atoms with Gasteiger partial charge in [0.25, 0.3) is 0 Å². The zero-order valence-corrected chi connectivity index (χ0v) is 6.93. The number of sulfonamides is 1. The fourth-order valence-corrected chi connectivity index (χ4v) is 1.41. The maximum absolute atomic E-state index is 10.8. The number of benzene rings is 1. The summed E-state index contributed by atoms with van der Waals surface area (Å²) in [5.74, 6) is 0. The highest BCUT2D eigenvalue weighted by Gasteiger charge is 2.05. The maximum atomic E-state index is 10.8. The molecule has 3 nitrogen and oxygen atoms in total. The molecule has 1 aromatic rings. The lowest BCUT2D eigenvalue weighted by molar-refractivity contribution is 0.598. The molecule has 0 heterocycles. The predicted molar refractivity (Wildman–Crippen MR) is 46.0 cm³/mol. The Morgan fingerprint density at radius 1 is 1.36 bits per heavy atom. The Bertz CT molecular complexity index is 361. The van der Waals surface area contributed by atoms with Crippen LogP contribution < -0.4 is 10.6 Å². The first kappa shape index (κ1) is 8.29. The van der Waals surface area contributed by atoms with E-state index in [1.807, 2.05) is 13.9 Å². The first-order chi connectivity index (χ1) is 5.00. The van der Waals surface area contributed by atoms with Gasteiger partial charge < -0.3 is 0 Å². The van der Waals surface area contributed by atoms with E-state index >= 15 is 0 Å². The Kier molecular flexibility index (Phi) is 2.02. The first-order valence-electron chi connectivity index (χ1n) is 3.09. The van der Waals surface area contributed by atoms with E-state index in [4.69, 9.17) is 5.14 Å². The summed E-state index contributed by atoms with van der Waals surface area (Å²) in [5.41, 5.74) is 0.886. The molecule has 0 bridgehead atoms. The summed E-state index contributed by atoms with van der Waals surface area (Å²) >= 11 is 0. The van der Waals surface area contributed by atoms with Crippen LogP contribution in [0.25, 0.3) is 0 Å². The molecular weight excluding hydrogens is 161 g/mol. The van der Waals surface area contributed by atoms with Crippen LogP contribution in [-0.4, -0.2) is 16.3 Å². The number of hydrogen-bond acceptors (Lipinski definition) is 2. The minimum absolute atomic E-state index is 0.164. The van der Waals surface area contributed by atoms with Crippen molar-refractivity contribution >= 4 is 23.3 Å². The fraction of sp³-hybridized carbons (Fsp3) is 0. The zero-order chi connectivity index (χ0) is 8.48. The Labute approximate surface area is 66.7 Å². The summed E-state index contributed by atoms with van der Waals surface area (Å²) in [4.78, 5) is 0.164. The lowest BCUT2D eigenvalue weighted by Crippen LogP contribution is -2.14. The average molecular weight is 169 g/mol. The van der Waals surface area contributed by atoms with Crippen LogP contribution in [0, 0.1) is 0 Å². The van der Waals surface area contributed by atoms with Crippen LogP contribution in [0.15, 0.2) is 29.2 Å². The average Bonchev–Trinajstić information content (AvgIpc) is 1.86. The van der Waals surface area contributed by atoms with Crippen LogP contribution in [0.4, 0.5) is 0 Å². The smallest absolute Gasteiger partial charge is 0.225 e. The Balaban J connectivity index is 3.28. The minimum Gasteiger partial charge on any atom is -0.225 e. The van der Waals surface area contributed by atoms with Crippen LogP contribution >= 0.6 is 0 Å². The molecule has 0 aliphatic heterocycles. The molecule has 58 valence electrons. The van der Waals surface area contributed by atoms with Gasteiger partial charge in [0.15, 0.2) is 0 Å². The third-order valence-electron chi connectivity index (χ3n) is 1.32. The van der Waals surface area contributed by atoms with E-state index in [-0.39, 0.29) is 4.90 Å². The van der Waals surface area contributed by atoms with Gasteiger partial charge in [-0.15, -0.1) is 0 Å². The Hall–Kier alpha value is -0.805. The molecule has 11 heavy (non-hydrogen) atoms. The third-order valence-corrected chi connectivity index (χ3v) is 2.23. The first-order valence-corrected chi connectivity index (χ1v) is 4.64. The molecule has 1 aromatic carbocycles. The molecule has 5 heteroatoms. The van der Waals surface area contributed by atoms with E-state index in [0.29, 0.717) is 0 Å². The molecule has 0 atom stereocenters. The molecular formula is C6H8BNO2S. The van der Waals surface area contributed by atoms with Gasteiger partial charge in [0.2, 0.25) is 10.0 Å². The normalized spacial score (nSPS) is 11.4. The molecule has 0 amide bonds. The molecule has 0 fully saturated rings. The molecule has 0 spiro atoms. The molecule has 0 aliphatic rings. The molecule has 0 unspecified atom stereocenters. The second kappa shape index (κ2) is 2.67. The summed E-state index contributed by atoms with van der Waals surface area (Å²) in [6, 6.07) is 6.49. The number of nitrogens with two attached hydrogens (primary N) is 1. The second-order valence-electron chi connectivity index (χ2n) is 2.36. The highest BCUT2D eigenvalue weighted by atomic mass is 32.2. The standard InChI is InChI=1S/C6H8BNO2S/c7-5-2-1-3-6(4-5)11(8,9)10/h1-4H,7H2,(H2,8,9,10). The summed E-state index contributed by atoms with van der Waals surface area (Å²) in [6.45, 7) is 0. The van der Waals surface area contributed by atoms with E-state index in [2.05, 4.69) is 0 Å². The van der Waals surface area contributed by atoms with Gasteiger partial charge in [-0.25, -0.2) is 13.6 Å². The van der Waals surface area contributed by atoms with Gasteiger partial charge in [-0.05, 0) is 12.1 Å². The number of rotatable bonds is 1. The van der Waals surface area contributed by atoms with E-state index < -0.39 is 10.0 Å². The zero-order valence-electron chi connectivity index (χ0n) is 6.11. The van der Waals surface area contributed by atoms with Gasteiger partial charge in [0.05, 0.1) is 4.90 Å². The molecule has 0 saturated carbocycles. The summed E-state index contributed by atoms with van der Waals surface area (Å²) < 4.78 is 21.5. The Morgan fingerprint density at radius 3 is 2.36 bits per heavy atom. The van der Waals surface area contributed by atoms with E-state index in [1.165, 1.54) is 12.1 Å². The van der Waals surface area contributed by atoms with E-state index in [0.717, 1.165) is 5.46 Å². The van der Waals surface area contributed by atoms with Crippen molar-refractivity contribution in [2.24, 2.45) is 5.14 Å². The summed E-state index contributed by atoms with van der Waals surface area (Å²) in [5, 5.41) is 4.90. The Morgan fingerprint density at radius 2 is 2.00 bits per heavy atom. The van der Waals surface area contributed by atoms with Crippen LogP contribution in [0.2, 0.25) is 0 Å². The van der Waals surface area contributed by atoms with E-state index in [9.17, 15) is 8.42 Å². The molecule has 0 saturated heterocycles. The predicted octanol–water partition coefficient (Wildman–Crippen LogP) is -1.41. The van der Waals surface area contributed by atoms with Crippen LogP contribution in [0.5, 0.6) is 0 Å². The lowest BCUT2D eigenvalue weighted by Gasteiger charge is -1.97. The molecule has 0 aliphatic carbocycles. The summed E-state index contributed by atoms with van der Waals surface area (Å²) in [6.07, 6.45) is 0. The largest absolute Gasteiger partial charge is 0.238 e. The monoisotopic (exact) mass is 169 g/mol. The number of primary sulfonamides is 1. The molecule has 0 aromatic heterocycles. The van der Waals surface area contributed by atoms with Gasteiger partial charge in [-0.3, -0.25) is 0 Å². The quantitative estimate of drug-likeness (QED) is 0.525. The lowest BCUT2D eigenvalue weighted by atomic mass is 9.97. The van der Waals surface area contributed by atoms with Gasteiger partial charge in [-0.2, -0.15) is 0 Å². The van der Waals surface area contributed by atoms with Gasteiger partial charge in [0.1, 0.15) is 7.85 Å². The van der Waals surface area contributed by atoms with Crippen molar-refractivity contribution < 1.29 is 8.42 Å². The van der Waals surface area contributed by atoms with Crippen LogP contribution in [0.1, 0.15) is 0 Å². The summed E-state index contributed by atoms with van der Waals surface area (Å²) in [7, 11) is -1.71. The van der Waals surface area contributed by atoms with E-state index in [1.54, 1.807) is 6.07 Å². The third kappa shape index (κ3) is 2.06. The van der Waals surface area contributed by atoms with Crippen LogP contribution in [0.3, 0.4) is 0 Å². The minimum atomic E-state index is -3.53. The number of hydrogen-bond donors (Lipinski definition) is 1. The SMILES string of the molecule is Bc1cccc(S(N)(=O)=O)c1. The van der Waals surface area contributed by atoms with Crippen molar-refractivity contribution in [3.63, 3.8) is 0 Å². The fourth-order valence-electron chi connectivity index (χ4n) is 0.792. The molecule has 0 radical (unpaired) electrons. The van der Waals surface area contributed by atoms with Crippen molar-refractivity contribution in [2.75, 3.05) is 0 Å². The van der Waals surface area contributed by atoms with Crippen molar-refractivity contribution in [1.29, 1.82) is 0 Å². The van der Waals surface area contributed by atoms with Crippen molar-refractivity contribution in [3.05, 3.63) is 24.3 Å². The maximum Gasteiger partial charge on any atom is 0.238 e.